The van der Waals surface area contributed by atoms with Crippen molar-refractivity contribution >= 4 is 21.8 Å². The normalized spacial score (nSPS) is 15.3. The molecule has 0 radical (unpaired) electrons. The van der Waals surface area contributed by atoms with Crippen LogP contribution in [0.1, 0.15) is 23.6 Å². The van der Waals surface area contributed by atoms with Gasteiger partial charge in [0, 0.05) is 54.5 Å². The van der Waals surface area contributed by atoms with Crippen molar-refractivity contribution in [2.75, 3.05) is 32.7 Å². The first-order valence-corrected chi connectivity index (χ1v) is 12.9. The average Bonchev–Trinajstić information content (AvgIpc) is 3.25. The van der Waals surface area contributed by atoms with Crippen LogP contribution in [0, 0.1) is 0 Å². The maximum Gasteiger partial charge on any atom is 0.0602 e. The van der Waals surface area contributed by atoms with Crippen LogP contribution >= 0.6 is 0 Å². The van der Waals surface area contributed by atoms with Gasteiger partial charge in [0.05, 0.1) is 6.04 Å². The van der Waals surface area contributed by atoms with Gasteiger partial charge in [0.25, 0.3) is 0 Å². The molecule has 35 heavy (non-hydrogen) atoms. The van der Waals surface area contributed by atoms with E-state index in [1.54, 1.807) is 0 Å². The Balaban J connectivity index is 1.12. The van der Waals surface area contributed by atoms with Gasteiger partial charge < -0.3 is 9.47 Å². The van der Waals surface area contributed by atoms with Gasteiger partial charge in [-0.1, -0.05) is 97.1 Å². The molecule has 1 aliphatic rings. The molecule has 0 amide bonds. The van der Waals surface area contributed by atoms with E-state index in [1.807, 2.05) is 0 Å². The molecule has 176 valence electrons. The van der Waals surface area contributed by atoms with Crippen LogP contribution in [0.15, 0.2) is 109 Å². The minimum atomic E-state index is 0.331. The Labute approximate surface area is 208 Å². The van der Waals surface area contributed by atoms with Crippen LogP contribution in [0.4, 0.5) is 0 Å². The molecule has 1 aromatic heterocycles. The molecule has 4 aromatic carbocycles. The maximum absolute atomic E-state index is 2.66. The average molecular weight is 460 g/mol. The summed E-state index contributed by atoms with van der Waals surface area (Å²) in [4.78, 5) is 5.31. The number of hydrogen-bond donors (Lipinski definition) is 0. The van der Waals surface area contributed by atoms with Crippen LogP contribution in [0.3, 0.4) is 0 Å². The monoisotopic (exact) mass is 459 g/mol. The fraction of sp³-hybridized carbons (Fsp3) is 0.250. The van der Waals surface area contributed by atoms with E-state index in [4.69, 9.17) is 0 Å². The lowest BCUT2D eigenvalue weighted by atomic mass is 9.96. The zero-order valence-corrected chi connectivity index (χ0v) is 20.3. The smallest absolute Gasteiger partial charge is 0.0602 e. The summed E-state index contributed by atoms with van der Waals surface area (Å²) in [5.41, 5.74) is 5.48. The van der Waals surface area contributed by atoms with Gasteiger partial charge >= 0.3 is 0 Å². The fourth-order valence-corrected chi connectivity index (χ4v) is 5.83. The van der Waals surface area contributed by atoms with Crippen molar-refractivity contribution < 1.29 is 0 Å². The van der Waals surface area contributed by atoms with Crippen molar-refractivity contribution in [3.05, 3.63) is 120 Å². The maximum atomic E-state index is 2.66. The van der Waals surface area contributed by atoms with E-state index in [1.165, 1.54) is 39.4 Å². The summed E-state index contributed by atoms with van der Waals surface area (Å²) in [5.74, 6) is 0. The highest BCUT2D eigenvalue weighted by atomic mass is 15.3. The highest BCUT2D eigenvalue weighted by Gasteiger charge is 2.26. The topological polar surface area (TPSA) is 11.4 Å². The molecule has 0 bridgehead atoms. The zero-order valence-electron chi connectivity index (χ0n) is 20.3. The Morgan fingerprint density at radius 2 is 1.00 bits per heavy atom. The van der Waals surface area contributed by atoms with Crippen LogP contribution in [-0.2, 0) is 6.54 Å². The molecule has 1 aliphatic heterocycles. The van der Waals surface area contributed by atoms with Gasteiger partial charge in [-0.05, 0) is 36.2 Å². The second-order valence-corrected chi connectivity index (χ2v) is 9.64. The molecule has 3 nitrogen and oxygen atoms in total. The Morgan fingerprint density at radius 3 is 1.54 bits per heavy atom. The molecule has 6 rings (SSSR count). The summed E-state index contributed by atoms with van der Waals surface area (Å²) in [5, 5.41) is 2.73. The highest BCUT2D eigenvalue weighted by Crippen LogP contribution is 2.30. The number of hydrogen-bond acceptors (Lipinski definition) is 2. The van der Waals surface area contributed by atoms with E-state index in [0.29, 0.717) is 6.04 Å². The lowest BCUT2D eigenvalue weighted by Gasteiger charge is -2.40. The second-order valence-electron chi connectivity index (χ2n) is 9.64. The summed E-state index contributed by atoms with van der Waals surface area (Å²) in [6.45, 7) is 6.67. The number of rotatable bonds is 7. The predicted octanol–water partition coefficient (Wildman–Crippen LogP) is 6.59. The number of fused-ring (bicyclic) bond motifs is 3. The second kappa shape index (κ2) is 10.1. The van der Waals surface area contributed by atoms with Crippen molar-refractivity contribution in [3.8, 4) is 0 Å². The van der Waals surface area contributed by atoms with E-state index >= 15 is 0 Å². The molecule has 3 heteroatoms. The van der Waals surface area contributed by atoms with Crippen LogP contribution in [0.25, 0.3) is 21.8 Å². The van der Waals surface area contributed by atoms with Gasteiger partial charge in [0.2, 0.25) is 0 Å². The van der Waals surface area contributed by atoms with Crippen LogP contribution in [-0.4, -0.2) is 47.1 Å². The largest absolute Gasteiger partial charge is 0.340 e. The quantitative estimate of drug-likeness (QED) is 0.272. The molecule has 5 aromatic rings. The summed E-state index contributed by atoms with van der Waals surface area (Å²) in [7, 11) is 0. The zero-order chi connectivity index (χ0) is 23.5. The van der Waals surface area contributed by atoms with Gasteiger partial charge in [-0.3, -0.25) is 4.90 Å². The molecule has 0 unspecified atom stereocenters. The van der Waals surface area contributed by atoms with Crippen molar-refractivity contribution in [1.29, 1.82) is 0 Å². The summed E-state index contributed by atoms with van der Waals surface area (Å²) in [6, 6.07) is 40.0. The molecule has 1 saturated heterocycles. The third kappa shape index (κ3) is 4.50. The predicted molar refractivity (Wildman–Crippen MR) is 147 cm³/mol. The molecular formula is C32H33N3. The van der Waals surface area contributed by atoms with E-state index in [9.17, 15) is 0 Å². The minimum Gasteiger partial charge on any atom is -0.340 e. The van der Waals surface area contributed by atoms with Gasteiger partial charge in [-0.15, -0.1) is 0 Å². The van der Waals surface area contributed by atoms with Gasteiger partial charge in [-0.2, -0.15) is 0 Å². The molecule has 0 atom stereocenters. The Morgan fingerprint density at radius 1 is 0.514 bits per heavy atom. The molecule has 0 spiro atoms. The van der Waals surface area contributed by atoms with Gasteiger partial charge in [0.15, 0.2) is 0 Å². The van der Waals surface area contributed by atoms with Gasteiger partial charge in [0.1, 0.15) is 0 Å². The van der Waals surface area contributed by atoms with Crippen LogP contribution < -0.4 is 0 Å². The first-order valence-electron chi connectivity index (χ1n) is 12.9. The molecule has 0 aliphatic carbocycles. The summed E-state index contributed by atoms with van der Waals surface area (Å²) < 4.78 is 2.52. The van der Waals surface area contributed by atoms with Gasteiger partial charge in [-0.25, -0.2) is 0 Å². The Hall–Kier alpha value is -3.40. The fourth-order valence-electron chi connectivity index (χ4n) is 5.83. The molecule has 0 N–H and O–H groups in total. The Bertz CT molecular complexity index is 1290. The van der Waals surface area contributed by atoms with Crippen molar-refractivity contribution in [2.24, 2.45) is 0 Å². The van der Waals surface area contributed by atoms with E-state index < -0.39 is 0 Å². The number of aryl methyl sites for hydroxylation is 1. The van der Waals surface area contributed by atoms with Crippen molar-refractivity contribution in [3.63, 3.8) is 0 Å². The van der Waals surface area contributed by atoms with E-state index in [0.717, 1.165) is 39.3 Å². The lowest BCUT2D eigenvalue weighted by molar-refractivity contribution is 0.108. The molecule has 1 fully saturated rings. The van der Waals surface area contributed by atoms with E-state index in [-0.39, 0.29) is 0 Å². The van der Waals surface area contributed by atoms with Crippen molar-refractivity contribution in [2.45, 2.75) is 19.0 Å². The summed E-state index contributed by atoms with van der Waals surface area (Å²) in [6.07, 6.45) is 1.17. The number of piperazine rings is 1. The first kappa shape index (κ1) is 22.1. The lowest BCUT2D eigenvalue weighted by Crippen LogP contribution is -2.48. The third-order valence-corrected chi connectivity index (χ3v) is 7.54. The van der Waals surface area contributed by atoms with Crippen molar-refractivity contribution in [1.82, 2.24) is 14.4 Å². The number of aromatic nitrogens is 1. The SMILES string of the molecule is c1ccc(C(c2ccccc2)N2CCN(CCCn3c4ccccc4c4ccccc43)CC2)cc1. The van der Waals surface area contributed by atoms with Crippen LogP contribution in [0.2, 0.25) is 0 Å². The third-order valence-electron chi connectivity index (χ3n) is 7.54. The van der Waals surface area contributed by atoms with E-state index in [2.05, 4.69) is 124 Å². The number of nitrogens with zero attached hydrogens (tertiary/aromatic N) is 3. The molecular weight excluding hydrogens is 426 g/mol. The molecule has 0 saturated carbocycles. The number of benzene rings is 4. The Kier molecular flexibility index (Phi) is 6.35. The standard InChI is InChI=1S/C32H33N3/c1-3-12-26(13-4-1)32(27-14-5-2-6-15-27)34-24-22-33(23-25-34)20-11-21-35-30-18-9-7-16-28(30)29-17-8-10-19-31(29)35/h1-10,12-19,32H,11,20-25H2. The molecule has 2 heterocycles. The first-order chi connectivity index (χ1) is 17.4. The highest BCUT2D eigenvalue weighted by molar-refractivity contribution is 6.07. The number of para-hydroxylation sites is 2. The van der Waals surface area contributed by atoms with Crippen LogP contribution in [0.5, 0.6) is 0 Å². The summed E-state index contributed by atoms with van der Waals surface area (Å²) >= 11 is 0. The minimum absolute atomic E-state index is 0.331.